The molecule has 0 atom stereocenters. The summed E-state index contributed by atoms with van der Waals surface area (Å²) in [6, 6.07) is 3.06. The smallest absolute Gasteiger partial charge is 0.138 e. The van der Waals surface area contributed by atoms with Gasteiger partial charge in [0.05, 0.1) is 22.9 Å². The van der Waals surface area contributed by atoms with Crippen LogP contribution in [0, 0.1) is 5.82 Å². The van der Waals surface area contributed by atoms with Gasteiger partial charge in [0.25, 0.3) is 0 Å². The molecule has 1 aromatic carbocycles. The number of ether oxygens (including phenoxy) is 1. The minimum atomic E-state index is -0.276. The third kappa shape index (κ3) is 2.04. The molecule has 0 aliphatic carbocycles. The number of thioether (sulfide) groups is 1. The van der Waals surface area contributed by atoms with Gasteiger partial charge in [-0.2, -0.15) is 0 Å². The summed E-state index contributed by atoms with van der Waals surface area (Å²) in [6.07, 6.45) is 0. The fraction of sp³-hybridized carbons (Fsp3) is 0.333. The van der Waals surface area contributed by atoms with Crippen LogP contribution in [-0.2, 0) is 4.74 Å². The monoisotopic (exact) mass is 277 g/mol. The van der Waals surface area contributed by atoms with Crippen molar-refractivity contribution >= 4 is 33.4 Å². The molecule has 1 aliphatic rings. The van der Waals surface area contributed by atoms with Gasteiger partial charge in [-0.25, -0.2) is 4.39 Å². The maximum atomic E-state index is 13.2. The summed E-state index contributed by atoms with van der Waals surface area (Å²) in [7, 11) is 0. The lowest BCUT2D eigenvalue weighted by atomic mass is 10.3. The van der Waals surface area contributed by atoms with E-state index < -0.39 is 0 Å². The number of nitrogen functional groups attached to an aromatic ring is 1. The molecule has 1 saturated heterocycles. The normalized spacial score (nSPS) is 16.7. The van der Waals surface area contributed by atoms with E-state index >= 15 is 0 Å². The molecule has 1 fully saturated rings. The lowest BCUT2D eigenvalue weighted by Gasteiger charge is -2.25. The molecule has 0 amide bonds. The van der Waals surface area contributed by atoms with Crippen LogP contribution in [0.3, 0.4) is 0 Å². The van der Waals surface area contributed by atoms with Gasteiger partial charge in [0.2, 0.25) is 0 Å². The molecule has 2 rings (SSSR count). The van der Waals surface area contributed by atoms with E-state index in [1.807, 2.05) is 0 Å². The molecule has 14 heavy (non-hydrogen) atoms. The molecule has 1 aliphatic heterocycles. The lowest BCUT2D eigenvalue weighted by Crippen LogP contribution is -2.30. The van der Waals surface area contributed by atoms with Crippen molar-refractivity contribution in [2.75, 3.05) is 18.9 Å². The van der Waals surface area contributed by atoms with Gasteiger partial charge in [-0.3, -0.25) is 0 Å². The standard InChI is InChI=1S/C9H9BrFNOS/c10-6-1-8(12)9(2-7(6)11)14-5-3-13-4-5/h1-2,5H,3-4,12H2. The zero-order valence-electron chi connectivity index (χ0n) is 7.30. The van der Waals surface area contributed by atoms with Crippen LogP contribution in [0.15, 0.2) is 21.5 Å². The zero-order valence-corrected chi connectivity index (χ0v) is 9.70. The average Bonchev–Trinajstić information content (AvgIpc) is 2.06. The maximum absolute atomic E-state index is 13.2. The molecule has 0 saturated carbocycles. The largest absolute Gasteiger partial charge is 0.398 e. The highest BCUT2D eigenvalue weighted by atomic mass is 79.9. The number of rotatable bonds is 2. The van der Waals surface area contributed by atoms with Crippen LogP contribution in [0.1, 0.15) is 0 Å². The minimum Gasteiger partial charge on any atom is -0.398 e. The number of hydrogen-bond acceptors (Lipinski definition) is 3. The van der Waals surface area contributed by atoms with Crippen molar-refractivity contribution in [3.63, 3.8) is 0 Å². The van der Waals surface area contributed by atoms with Crippen LogP contribution < -0.4 is 5.73 Å². The molecule has 76 valence electrons. The molecular weight excluding hydrogens is 269 g/mol. The third-order valence-corrected chi connectivity index (χ3v) is 3.77. The number of anilines is 1. The highest BCUT2D eigenvalue weighted by molar-refractivity contribution is 9.10. The predicted molar refractivity (Wildman–Crippen MR) is 59.0 cm³/mol. The van der Waals surface area contributed by atoms with Crippen molar-refractivity contribution in [2.45, 2.75) is 10.1 Å². The fourth-order valence-electron chi connectivity index (χ4n) is 1.11. The Balaban J connectivity index is 2.19. The number of halogens is 2. The topological polar surface area (TPSA) is 35.2 Å². The van der Waals surface area contributed by atoms with Crippen LogP contribution in [0.2, 0.25) is 0 Å². The molecule has 0 radical (unpaired) electrons. The first-order chi connectivity index (χ1) is 6.66. The van der Waals surface area contributed by atoms with E-state index in [0.717, 1.165) is 18.1 Å². The number of benzene rings is 1. The Hall–Kier alpha value is -0.260. The number of nitrogens with two attached hydrogens (primary N) is 1. The molecule has 0 aromatic heterocycles. The summed E-state index contributed by atoms with van der Waals surface area (Å²) in [6.45, 7) is 1.45. The average molecular weight is 278 g/mol. The van der Waals surface area contributed by atoms with Crippen molar-refractivity contribution in [3.05, 3.63) is 22.4 Å². The molecule has 1 heterocycles. The van der Waals surface area contributed by atoms with Crippen LogP contribution in [0.4, 0.5) is 10.1 Å². The van der Waals surface area contributed by atoms with E-state index in [1.165, 1.54) is 6.07 Å². The lowest BCUT2D eigenvalue weighted by molar-refractivity contribution is 0.0455. The molecule has 1 aromatic rings. The van der Waals surface area contributed by atoms with Gasteiger partial charge in [-0.1, -0.05) is 0 Å². The first-order valence-electron chi connectivity index (χ1n) is 4.16. The zero-order chi connectivity index (χ0) is 10.1. The Kier molecular flexibility index (Phi) is 2.99. The Bertz CT molecular complexity index is 357. The van der Waals surface area contributed by atoms with E-state index in [-0.39, 0.29) is 5.82 Å². The van der Waals surface area contributed by atoms with Crippen LogP contribution >= 0.6 is 27.7 Å². The van der Waals surface area contributed by atoms with E-state index in [9.17, 15) is 4.39 Å². The van der Waals surface area contributed by atoms with Crippen LogP contribution in [-0.4, -0.2) is 18.5 Å². The van der Waals surface area contributed by atoms with E-state index in [4.69, 9.17) is 10.5 Å². The van der Waals surface area contributed by atoms with Crippen LogP contribution in [0.5, 0.6) is 0 Å². The highest BCUT2D eigenvalue weighted by Gasteiger charge is 2.21. The molecular formula is C9H9BrFNOS. The molecule has 2 N–H and O–H groups in total. The summed E-state index contributed by atoms with van der Waals surface area (Å²) in [5, 5.41) is 0.415. The van der Waals surface area contributed by atoms with E-state index in [0.29, 0.717) is 15.4 Å². The molecule has 0 bridgehead atoms. The summed E-state index contributed by atoms with van der Waals surface area (Å²) >= 11 is 4.66. The van der Waals surface area contributed by atoms with Gasteiger partial charge < -0.3 is 10.5 Å². The van der Waals surface area contributed by atoms with Gasteiger partial charge in [-0.05, 0) is 28.1 Å². The summed E-state index contributed by atoms with van der Waals surface area (Å²) < 4.78 is 18.6. The summed E-state index contributed by atoms with van der Waals surface area (Å²) in [5.41, 5.74) is 6.37. The maximum Gasteiger partial charge on any atom is 0.138 e. The second-order valence-electron chi connectivity index (χ2n) is 3.08. The van der Waals surface area contributed by atoms with Crippen molar-refractivity contribution in [1.82, 2.24) is 0 Å². The summed E-state index contributed by atoms with van der Waals surface area (Å²) in [5.74, 6) is -0.276. The van der Waals surface area contributed by atoms with Gasteiger partial charge in [0.1, 0.15) is 5.82 Å². The summed E-state index contributed by atoms with van der Waals surface area (Å²) in [4.78, 5) is 0.791. The Morgan fingerprint density at radius 3 is 2.79 bits per heavy atom. The van der Waals surface area contributed by atoms with Crippen LogP contribution in [0.25, 0.3) is 0 Å². The second kappa shape index (κ2) is 4.08. The third-order valence-electron chi connectivity index (χ3n) is 1.95. The van der Waals surface area contributed by atoms with Crippen molar-refractivity contribution in [3.8, 4) is 0 Å². The van der Waals surface area contributed by atoms with E-state index in [1.54, 1.807) is 17.8 Å². The van der Waals surface area contributed by atoms with Crippen molar-refractivity contribution in [2.24, 2.45) is 0 Å². The predicted octanol–water partition coefficient (Wildman–Crippen LogP) is 2.66. The van der Waals surface area contributed by atoms with Crippen molar-refractivity contribution < 1.29 is 9.13 Å². The second-order valence-corrected chi connectivity index (χ2v) is 5.28. The fourth-order valence-corrected chi connectivity index (χ4v) is 2.52. The highest BCUT2D eigenvalue weighted by Crippen LogP contribution is 2.34. The Morgan fingerprint density at radius 1 is 1.50 bits per heavy atom. The quantitative estimate of drug-likeness (QED) is 0.845. The molecule has 5 heteroatoms. The van der Waals surface area contributed by atoms with Gasteiger partial charge in [0, 0.05) is 10.6 Å². The first-order valence-corrected chi connectivity index (χ1v) is 5.83. The SMILES string of the molecule is Nc1cc(Br)c(F)cc1SC1COC1. The van der Waals surface area contributed by atoms with Gasteiger partial charge >= 0.3 is 0 Å². The van der Waals surface area contributed by atoms with E-state index in [2.05, 4.69) is 15.9 Å². The first kappa shape index (κ1) is 10.3. The van der Waals surface area contributed by atoms with Gasteiger partial charge in [-0.15, -0.1) is 11.8 Å². The number of hydrogen-bond donors (Lipinski definition) is 1. The Morgan fingerprint density at radius 2 is 2.21 bits per heavy atom. The Labute approximate surface area is 94.1 Å². The van der Waals surface area contributed by atoms with Crippen molar-refractivity contribution in [1.29, 1.82) is 0 Å². The van der Waals surface area contributed by atoms with Gasteiger partial charge in [0.15, 0.2) is 0 Å². The molecule has 0 unspecified atom stereocenters. The molecule has 0 spiro atoms. The minimum absolute atomic E-state index is 0.276. The molecule has 2 nitrogen and oxygen atoms in total.